The maximum Gasteiger partial charge on any atom is 0.231 e. The molecule has 3 aliphatic heterocycles. The van der Waals surface area contributed by atoms with Crippen LogP contribution in [0.2, 0.25) is 0 Å². The molecule has 1 unspecified atom stereocenters. The number of fused-ring (bicyclic) bond motifs is 1. The van der Waals surface area contributed by atoms with Gasteiger partial charge in [0.2, 0.25) is 18.6 Å². The van der Waals surface area contributed by atoms with Gasteiger partial charge in [-0.1, -0.05) is 6.07 Å². The zero-order chi connectivity index (χ0) is 20.7. The molecule has 1 N–H and O–H groups in total. The van der Waals surface area contributed by atoms with E-state index in [1.807, 2.05) is 6.07 Å². The maximum absolute atomic E-state index is 14.6. The van der Waals surface area contributed by atoms with Gasteiger partial charge in [-0.25, -0.2) is 4.39 Å². The van der Waals surface area contributed by atoms with Crippen molar-refractivity contribution in [1.29, 1.82) is 0 Å². The average Bonchev–Trinajstić information content (AvgIpc) is 3.49. The number of hydrogen-bond donors (Lipinski definition) is 1. The summed E-state index contributed by atoms with van der Waals surface area (Å²) in [5, 5.41) is 2.75. The van der Waals surface area contributed by atoms with Crippen LogP contribution >= 0.6 is 0 Å². The van der Waals surface area contributed by atoms with Crippen LogP contribution in [0.1, 0.15) is 19.3 Å². The van der Waals surface area contributed by atoms with Crippen molar-refractivity contribution in [2.45, 2.75) is 19.3 Å². The van der Waals surface area contributed by atoms with Crippen LogP contribution in [0.4, 0.5) is 21.5 Å². The number of para-hydroxylation sites is 1. The SMILES string of the molecule is O=C(Nc1c(F)cccc1N1CCCC1)C1CC(=O)N(c2ccc3c(c2)OCO3)C1. The summed E-state index contributed by atoms with van der Waals surface area (Å²) < 4.78 is 25.2. The number of amides is 2. The van der Waals surface area contributed by atoms with Crippen LogP contribution in [-0.2, 0) is 9.59 Å². The Morgan fingerprint density at radius 3 is 2.73 bits per heavy atom. The first-order valence-electron chi connectivity index (χ1n) is 10.1. The second-order valence-corrected chi connectivity index (χ2v) is 7.76. The van der Waals surface area contributed by atoms with Crippen molar-refractivity contribution in [1.82, 2.24) is 0 Å². The van der Waals surface area contributed by atoms with Crippen molar-refractivity contribution in [3.8, 4) is 11.5 Å². The lowest BCUT2D eigenvalue weighted by molar-refractivity contribution is -0.122. The van der Waals surface area contributed by atoms with Crippen LogP contribution in [0.5, 0.6) is 11.5 Å². The number of carbonyl (C=O) groups is 2. The molecule has 1 atom stereocenters. The number of carbonyl (C=O) groups excluding carboxylic acids is 2. The van der Waals surface area contributed by atoms with E-state index in [4.69, 9.17) is 9.47 Å². The molecule has 2 aromatic carbocycles. The molecule has 0 bridgehead atoms. The molecule has 2 aromatic rings. The average molecular weight is 411 g/mol. The molecule has 0 radical (unpaired) electrons. The fourth-order valence-corrected chi connectivity index (χ4v) is 4.27. The van der Waals surface area contributed by atoms with Gasteiger partial charge in [0.25, 0.3) is 0 Å². The highest BCUT2D eigenvalue weighted by molar-refractivity contribution is 6.04. The molecule has 2 fully saturated rings. The van der Waals surface area contributed by atoms with Crippen molar-refractivity contribution in [3.63, 3.8) is 0 Å². The zero-order valence-electron chi connectivity index (χ0n) is 16.4. The molecule has 7 nitrogen and oxygen atoms in total. The highest BCUT2D eigenvalue weighted by atomic mass is 19.1. The molecule has 5 rings (SSSR count). The van der Waals surface area contributed by atoms with E-state index >= 15 is 0 Å². The summed E-state index contributed by atoms with van der Waals surface area (Å²) in [7, 11) is 0. The van der Waals surface area contributed by atoms with Gasteiger partial charge in [-0.3, -0.25) is 9.59 Å². The third kappa shape index (κ3) is 3.32. The summed E-state index contributed by atoms with van der Waals surface area (Å²) >= 11 is 0. The van der Waals surface area contributed by atoms with Crippen molar-refractivity contribution in [2.75, 3.05) is 41.5 Å². The van der Waals surface area contributed by atoms with Gasteiger partial charge in [0, 0.05) is 37.8 Å². The third-order valence-electron chi connectivity index (χ3n) is 5.85. The van der Waals surface area contributed by atoms with Gasteiger partial charge in [-0.2, -0.15) is 0 Å². The van der Waals surface area contributed by atoms with Crippen LogP contribution in [0.25, 0.3) is 0 Å². The molecule has 30 heavy (non-hydrogen) atoms. The molecule has 0 spiro atoms. The van der Waals surface area contributed by atoms with E-state index in [9.17, 15) is 14.0 Å². The van der Waals surface area contributed by atoms with Crippen LogP contribution < -0.4 is 24.6 Å². The van der Waals surface area contributed by atoms with Crippen LogP contribution in [0.3, 0.4) is 0 Å². The summed E-state index contributed by atoms with van der Waals surface area (Å²) in [6.45, 7) is 2.07. The first kappa shape index (κ1) is 18.7. The fraction of sp³-hybridized carbons (Fsp3) is 0.364. The fourth-order valence-electron chi connectivity index (χ4n) is 4.27. The second-order valence-electron chi connectivity index (χ2n) is 7.76. The molecular weight excluding hydrogens is 389 g/mol. The van der Waals surface area contributed by atoms with Gasteiger partial charge in [0.05, 0.1) is 11.6 Å². The Labute approximate surface area is 173 Å². The molecule has 3 heterocycles. The van der Waals surface area contributed by atoms with Gasteiger partial charge in [-0.05, 0) is 37.1 Å². The number of rotatable bonds is 4. The second kappa shape index (κ2) is 7.51. The largest absolute Gasteiger partial charge is 0.454 e. The molecule has 0 aromatic heterocycles. The Morgan fingerprint density at radius 1 is 1.10 bits per heavy atom. The predicted molar refractivity (Wildman–Crippen MR) is 110 cm³/mol. The summed E-state index contributed by atoms with van der Waals surface area (Å²) in [4.78, 5) is 29.1. The van der Waals surface area contributed by atoms with E-state index in [1.54, 1.807) is 29.2 Å². The van der Waals surface area contributed by atoms with Gasteiger partial charge in [0.15, 0.2) is 11.5 Å². The number of nitrogens with zero attached hydrogens (tertiary/aromatic N) is 2. The minimum Gasteiger partial charge on any atom is -0.454 e. The number of anilines is 3. The number of nitrogens with one attached hydrogen (secondary N) is 1. The Morgan fingerprint density at radius 2 is 1.90 bits per heavy atom. The highest BCUT2D eigenvalue weighted by Crippen LogP contribution is 2.38. The monoisotopic (exact) mass is 411 g/mol. The van der Waals surface area contributed by atoms with Crippen molar-refractivity contribution in [2.24, 2.45) is 5.92 Å². The number of hydrogen-bond acceptors (Lipinski definition) is 5. The number of halogens is 1. The first-order chi connectivity index (χ1) is 14.6. The normalized spacial score (nSPS) is 20.2. The molecule has 0 saturated carbocycles. The Kier molecular flexibility index (Phi) is 4.69. The maximum atomic E-state index is 14.6. The van der Waals surface area contributed by atoms with Crippen LogP contribution in [0.15, 0.2) is 36.4 Å². The first-order valence-corrected chi connectivity index (χ1v) is 10.1. The lowest BCUT2D eigenvalue weighted by atomic mass is 10.1. The molecule has 2 saturated heterocycles. The van der Waals surface area contributed by atoms with E-state index in [1.165, 1.54) is 6.07 Å². The van der Waals surface area contributed by atoms with Crippen LogP contribution in [-0.4, -0.2) is 38.2 Å². The van der Waals surface area contributed by atoms with Crippen molar-refractivity contribution in [3.05, 3.63) is 42.2 Å². The van der Waals surface area contributed by atoms with E-state index in [0.717, 1.165) is 25.9 Å². The number of ether oxygens (including phenoxy) is 2. The van der Waals surface area contributed by atoms with E-state index in [2.05, 4.69) is 10.2 Å². The number of benzene rings is 2. The minimum atomic E-state index is -0.561. The molecular formula is C22H22FN3O4. The summed E-state index contributed by atoms with van der Waals surface area (Å²) in [6, 6.07) is 10.1. The molecule has 2 amide bonds. The zero-order valence-corrected chi connectivity index (χ0v) is 16.4. The predicted octanol–water partition coefficient (Wildman–Crippen LogP) is 3.15. The van der Waals surface area contributed by atoms with E-state index in [-0.39, 0.29) is 37.3 Å². The highest BCUT2D eigenvalue weighted by Gasteiger charge is 2.36. The quantitative estimate of drug-likeness (QED) is 0.837. The minimum absolute atomic E-state index is 0.0772. The molecule has 156 valence electrons. The van der Waals surface area contributed by atoms with E-state index < -0.39 is 11.7 Å². The molecule has 3 aliphatic rings. The van der Waals surface area contributed by atoms with Crippen LogP contribution in [0, 0.1) is 11.7 Å². The van der Waals surface area contributed by atoms with Gasteiger partial charge in [0.1, 0.15) is 11.5 Å². The van der Waals surface area contributed by atoms with Crippen molar-refractivity contribution >= 4 is 28.9 Å². The molecule has 8 heteroatoms. The topological polar surface area (TPSA) is 71.1 Å². The smallest absolute Gasteiger partial charge is 0.231 e. The lowest BCUT2D eigenvalue weighted by Gasteiger charge is -2.23. The van der Waals surface area contributed by atoms with E-state index in [0.29, 0.717) is 22.9 Å². The summed E-state index contributed by atoms with van der Waals surface area (Å²) in [5.41, 5.74) is 1.54. The standard InChI is InChI=1S/C22H22FN3O4/c23-16-4-3-5-17(25-8-1-2-9-25)21(16)24-22(28)14-10-20(27)26(12-14)15-6-7-18-19(11-15)30-13-29-18/h3-7,11,14H,1-2,8-10,12-13H2,(H,24,28). The van der Waals surface area contributed by atoms with Crippen molar-refractivity contribution < 1.29 is 23.5 Å². The Hall–Kier alpha value is -3.29. The Balaban J connectivity index is 1.33. The summed E-state index contributed by atoms with van der Waals surface area (Å²) in [5.74, 6) is -0.318. The van der Waals surface area contributed by atoms with Gasteiger partial charge < -0.3 is 24.6 Å². The molecule has 0 aliphatic carbocycles. The van der Waals surface area contributed by atoms with Gasteiger partial charge in [-0.15, -0.1) is 0 Å². The third-order valence-corrected chi connectivity index (χ3v) is 5.85. The Bertz CT molecular complexity index is 1010. The summed E-state index contributed by atoms with van der Waals surface area (Å²) in [6.07, 6.45) is 2.17. The lowest BCUT2D eigenvalue weighted by Crippen LogP contribution is -2.29. The van der Waals surface area contributed by atoms with Gasteiger partial charge >= 0.3 is 0 Å².